The summed E-state index contributed by atoms with van der Waals surface area (Å²) < 4.78 is 28.7. The number of rotatable bonds is 5. The average Bonchev–Trinajstić information content (AvgIpc) is 2.98. The number of aryl methyl sites for hydroxylation is 1. The van der Waals surface area contributed by atoms with E-state index in [1.54, 1.807) is 6.20 Å². The standard InChI is InChI=1S/C12H16BrNO3S/c1-8-5-10(13)7-14-12(8)11(6-9-3-4-9)17-18(2,15)16/h5,7,9,11H,3-4,6H2,1-2H3. The first-order valence-electron chi connectivity index (χ1n) is 5.85. The lowest BCUT2D eigenvalue weighted by molar-refractivity contribution is 0.191. The summed E-state index contributed by atoms with van der Waals surface area (Å²) >= 11 is 3.35. The topological polar surface area (TPSA) is 56.3 Å². The van der Waals surface area contributed by atoms with Gasteiger partial charge in [0, 0.05) is 10.7 Å². The van der Waals surface area contributed by atoms with Gasteiger partial charge in [-0.05, 0) is 46.8 Å². The quantitative estimate of drug-likeness (QED) is 0.777. The third kappa shape index (κ3) is 4.03. The van der Waals surface area contributed by atoms with Gasteiger partial charge in [0.05, 0.1) is 11.9 Å². The molecule has 1 unspecified atom stereocenters. The molecule has 0 radical (unpaired) electrons. The molecule has 2 rings (SSSR count). The second kappa shape index (κ2) is 5.27. The van der Waals surface area contributed by atoms with Gasteiger partial charge >= 0.3 is 0 Å². The van der Waals surface area contributed by atoms with E-state index in [1.807, 2.05) is 13.0 Å². The lowest BCUT2D eigenvalue weighted by atomic mass is 10.1. The molecule has 0 aromatic carbocycles. The van der Waals surface area contributed by atoms with E-state index in [0.29, 0.717) is 5.92 Å². The molecule has 4 nitrogen and oxygen atoms in total. The van der Waals surface area contributed by atoms with E-state index in [0.717, 1.165) is 41.2 Å². The van der Waals surface area contributed by atoms with Crippen molar-refractivity contribution in [2.75, 3.05) is 6.26 Å². The van der Waals surface area contributed by atoms with Crippen LogP contribution in [0.4, 0.5) is 0 Å². The highest BCUT2D eigenvalue weighted by Gasteiger charge is 2.30. The van der Waals surface area contributed by atoms with Gasteiger partial charge in [-0.3, -0.25) is 9.17 Å². The molecule has 6 heteroatoms. The van der Waals surface area contributed by atoms with E-state index in [4.69, 9.17) is 4.18 Å². The summed E-state index contributed by atoms with van der Waals surface area (Å²) in [4.78, 5) is 4.31. The van der Waals surface area contributed by atoms with Gasteiger partial charge in [0.1, 0.15) is 6.10 Å². The number of nitrogens with zero attached hydrogens (tertiary/aromatic N) is 1. The third-order valence-corrected chi connectivity index (χ3v) is 3.94. The van der Waals surface area contributed by atoms with Crippen molar-refractivity contribution in [2.45, 2.75) is 32.3 Å². The van der Waals surface area contributed by atoms with Crippen LogP contribution in [0.3, 0.4) is 0 Å². The molecule has 0 amide bonds. The fourth-order valence-electron chi connectivity index (χ4n) is 1.95. The highest BCUT2D eigenvalue weighted by molar-refractivity contribution is 9.10. The first-order chi connectivity index (χ1) is 8.35. The van der Waals surface area contributed by atoms with Crippen LogP contribution in [0.2, 0.25) is 0 Å². The van der Waals surface area contributed by atoms with Crippen LogP contribution in [0.5, 0.6) is 0 Å². The summed E-state index contributed by atoms with van der Waals surface area (Å²) in [7, 11) is -3.47. The largest absolute Gasteiger partial charge is 0.265 e. The van der Waals surface area contributed by atoms with E-state index < -0.39 is 16.2 Å². The van der Waals surface area contributed by atoms with E-state index in [9.17, 15) is 8.42 Å². The van der Waals surface area contributed by atoms with Gasteiger partial charge in [-0.25, -0.2) is 0 Å². The molecule has 18 heavy (non-hydrogen) atoms. The Morgan fingerprint density at radius 1 is 1.56 bits per heavy atom. The fraction of sp³-hybridized carbons (Fsp3) is 0.583. The van der Waals surface area contributed by atoms with Crippen LogP contribution in [0, 0.1) is 12.8 Å². The van der Waals surface area contributed by atoms with Gasteiger partial charge in [-0.1, -0.05) is 12.8 Å². The number of halogens is 1. The average molecular weight is 334 g/mol. The predicted molar refractivity (Wildman–Crippen MR) is 72.7 cm³/mol. The van der Waals surface area contributed by atoms with Crippen molar-refractivity contribution < 1.29 is 12.6 Å². The molecule has 0 spiro atoms. The predicted octanol–water partition coefficient (Wildman–Crippen LogP) is 2.97. The molecule has 1 fully saturated rings. The smallest absolute Gasteiger partial charge is 0.260 e. The van der Waals surface area contributed by atoms with Crippen molar-refractivity contribution in [1.82, 2.24) is 4.98 Å². The molecule has 0 bridgehead atoms. The zero-order chi connectivity index (χ0) is 13.3. The van der Waals surface area contributed by atoms with Crippen molar-refractivity contribution >= 4 is 26.0 Å². The van der Waals surface area contributed by atoms with Crippen molar-refractivity contribution in [3.05, 3.63) is 28.0 Å². The van der Waals surface area contributed by atoms with Gasteiger partial charge in [0.15, 0.2) is 0 Å². The lowest BCUT2D eigenvalue weighted by Gasteiger charge is -2.17. The Kier molecular flexibility index (Phi) is 4.08. The Hall–Kier alpha value is -0.460. The Morgan fingerprint density at radius 3 is 2.72 bits per heavy atom. The number of hydrogen-bond acceptors (Lipinski definition) is 4. The minimum Gasteiger partial charge on any atom is -0.260 e. The van der Waals surface area contributed by atoms with Crippen LogP contribution in [-0.2, 0) is 14.3 Å². The maximum absolute atomic E-state index is 11.3. The van der Waals surface area contributed by atoms with Crippen molar-refractivity contribution in [2.24, 2.45) is 5.92 Å². The van der Waals surface area contributed by atoms with Crippen molar-refractivity contribution in [3.8, 4) is 0 Å². The van der Waals surface area contributed by atoms with Crippen LogP contribution >= 0.6 is 15.9 Å². The van der Waals surface area contributed by atoms with E-state index >= 15 is 0 Å². The van der Waals surface area contributed by atoms with E-state index in [1.165, 1.54) is 0 Å². The molecule has 0 aliphatic heterocycles. The van der Waals surface area contributed by atoms with Gasteiger partial charge in [0.25, 0.3) is 10.1 Å². The van der Waals surface area contributed by atoms with Gasteiger partial charge in [-0.2, -0.15) is 8.42 Å². The maximum atomic E-state index is 11.3. The van der Waals surface area contributed by atoms with Crippen LogP contribution < -0.4 is 0 Å². The minimum atomic E-state index is -3.47. The van der Waals surface area contributed by atoms with Gasteiger partial charge in [-0.15, -0.1) is 0 Å². The second-order valence-electron chi connectivity index (χ2n) is 4.82. The summed E-state index contributed by atoms with van der Waals surface area (Å²) in [5, 5.41) is 0. The Balaban J connectivity index is 2.26. The van der Waals surface area contributed by atoms with Crippen LogP contribution in [0.25, 0.3) is 0 Å². The zero-order valence-corrected chi connectivity index (χ0v) is 12.8. The normalized spacial score (nSPS) is 17.7. The molecule has 100 valence electrons. The molecular formula is C12H16BrNO3S. The highest BCUT2D eigenvalue weighted by Crippen LogP contribution is 2.40. The summed E-state index contributed by atoms with van der Waals surface area (Å²) in [6.45, 7) is 1.92. The molecular weight excluding hydrogens is 318 g/mol. The van der Waals surface area contributed by atoms with Crippen molar-refractivity contribution in [1.29, 1.82) is 0 Å². The fourth-order valence-corrected chi connectivity index (χ4v) is 2.99. The number of hydrogen-bond donors (Lipinski definition) is 0. The monoisotopic (exact) mass is 333 g/mol. The van der Waals surface area contributed by atoms with E-state index in [2.05, 4.69) is 20.9 Å². The second-order valence-corrected chi connectivity index (χ2v) is 7.34. The highest BCUT2D eigenvalue weighted by atomic mass is 79.9. The van der Waals surface area contributed by atoms with Crippen LogP contribution in [0.15, 0.2) is 16.7 Å². The Bertz CT molecular complexity index is 540. The molecule has 1 aromatic heterocycles. The number of pyridine rings is 1. The number of aromatic nitrogens is 1. The third-order valence-electron chi connectivity index (χ3n) is 2.93. The maximum Gasteiger partial charge on any atom is 0.265 e. The van der Waals surface area contributed by atoms with Crippen LogP contribution in [-0.4, -0.2) is 19.7 Å². The Labute approximate surface area is 116 Å². The molecule has 0 N–H and O–H groups in total. The molecule has 1 aliphatic carbocycles. The summed E-state index contributed by atoms with van der Waals surface area (Å²) in [6.07, 6.45) is 5.33. The summed E-state index contributed by atoms with van der Waals surface area (Å²) in [5.41, 5.74) is 1.66. The van der Waals surface area contributed by atoms with Crippen LogP contribution in [0.1, 0.15) is 36.6 Å². The summed E-state index contributed by atoms with van der Waals surface area (Å²) in [5.74, 6) is 0.571. The summed E-state index contributed by atoms with van der Waals surface area (Å²) in [6, 6.07) is 1.92. The first-order valence-corrected chi connectivity index (χ1v) is 8.46. The van der Waals surface area contributed by atoms with Crippen molar-refractivity contribution in [3.63, 3.8) is 0 Å². The molecule has 1 saturated carbocycles. The van der Waals surface area contributed by atoms with E-state index in [-0.39, 0.29) is 0 Å². The minimum absolute atomic E-state index is 0.458. The molecule has 0 saturated heterocycles. The SMILES string of the molecule is Cc1cc(Br)cnc1C(CC1CC1)OS(C)(=O)=O. The Morgan fingerprint density at radius 2 is 2.22 bits per heavy atom. The van der Waals surface area contributed by atoms with Gasteiger partial charge < -0.3 is 0 Å². The molecule has 1 atom stereocenters. The first kappa shape index (κ1) is 14.0. The van der Waals surface area contributed by atoms with Gasteiger partial charge in [0.2, 0.25) is 0 Å². The molecule has 1 heterocycles. The lowest BCUT2D eigenvalue weighted by Crippen LogP contribution is -2.14. The molecule has 1 aromatic rings. The molecule has 1 aliphatic rings. The zero-order valence-electron chi connectivity index (χ0n) is 10.4.